The van der Waals surface area contributed by atoms with Crippen LogP contribution < -0.4 is 15.8 Å². The number of aliphatic hydroxyl groups is 1. The summed E-state index contributed by atoms with van der Waals surface area (Å²) in [6.45, 7) is 1.67. The zero-order valence-electron chi connectivity index (χ0n) is 18.6. The van der Waals surface area contributed by atoms with E-state index in [4.69, 9.17) is 15.2 Å². The average molecular weight is 447 g/mol. The molecule has 1 saturated heterocycles. The van der Waals surface area contributed by atoms with Crippen LogP contribution in [0.3, 0.4) is 0 Å². The molecule has 0 spiro atoms. The third-order valence-electron chi connectivity index (χ3n) is 5.77. The summed E-state index contributed by atoms with van der Waals surface area (Å²) in [6.07, 6.45) is 2.57. The van der Waals surface area contributed by atoms with Crippen LogP contribution in [0.15, 0.2) is 66.7 Å². The van der Waals surface area contributed by atoms with Crippen LogP contribution in [0.25, 0.3) is 11.1 Å². The van der Waals surface area contributed by atoms with Gasteiger partial charge in [-0.15, -0.1) is 0 Å². The molecule has 0 aromatic heterocycles. The maximum Gasteiger partial charge on any atom is 0.255 e. The molecule has 0 saturated carbocycles. The number of ether oxygens (including phenoxy) is 2. The maximum absolute atomic E-state index is 13.2. The van der Waals surface area contributed by atoms with E-state index in [1.807, 2.05) is 60.7 Å². The van der Waals surface area contributed by atoms with Gasteiger partial charge in [0.15, 0.2) is 0 Å². The van der Waals surface area contributed by atoms with Gasteiger partial charge in [-0.3, -0.25) is 4.79 Å². The highest BCUT2D eigenvalue weighted by atomic mass is 16.5. The number of aliphatic hydroxyl groups excluding tert-OH is 1. The fourth-order valence-electron chi connectivity index (χ4n) is 4.00. The van der Waals surface area contributed by atoms with Gasteiger partial charge in [-0.2, -0.15) is 0 Å². The summed E-state index contributed by atoms with van der Waals surface area (Å²) in [4.78, 5) is 13.2. The fourth-order valence-corrected chi connectivity index (χ4v) is 4.00. The van der Waals surface area contributed by atoms with Crippen molar-refractivity contribution in [3.8, 4) is 16.9 Å². The van der Waals surface area contributed by atoms with Crippen LogP contribution in [-0.4, -0.2) is 36.9 Å². The average Bonchev–Trinajstić information content (AvgIpc) is 3.38. The second-order valence-corrected chi connectivity index (χ2v) is 8.18. The molecule has 3 aromatic rings. The Labute approximate surface area is 194 Å². The van der Waals surface area contributed by atoms with E-state index >= 15 is 0 Å². The Kier molecular flexibility index (Phi) is 7.73. The normalized spacial score (nSPS) is 15.4. The molecule has 6 nitrogen and oxygen atoms in total. The molecule has 1 aliphatic rings. The van der Waals surface area contributed by atoms with E-state index in [-0.39, 0.29) is 18.6 Å². The molecule has 4 rings (SSSR count). The van der Waals surface area contributed by atoms with Crippen molar-refractivity contribution in [2.24, 2.45) is 5.73 Å². The second-order valence-electron chi connectivity index (χ2n) is 8.18. The number of carbonyl (C=O) groups is 1. The molecule has 1 amide bonds. The summed E-state index contributed by atoms with van der Waals surface area (Å²) in [5.74, 6) is 0.383. The Bertz CT molecular complexity index is 1090. The lowest BCUT2D eigenvalue weighted by Gasteiger charge is -2.15. The summed E-state index contributed by atoms with van der Waals surface area (Å²) in [5, 5.41) is 12.3. The van der Waals surface area contributed by atoms with Crippen molar-refractivity contribution in [3.63, 3.8) is 0 Å². The number of rotatable bonds is 9. The molecule has 0 radical (unpaired) electrons. The predicted molar refractivity (Wildman–Crippen MR) is 129 cm³/mol. The van der Waals surface area contributed by atoms with Gasteiger partial charge in [0.2, 0.25) is 0 Å². The predicted octanol–water partition coefficient (Wildman–Crippen LogP) is 4.16. The fraction of sp³-hybridized carbons (Fsp3) is 0.296. The Morgan fingerprint density at radius 1 is 1.09 bits per heavy atom. The van der Waals surface area contributed by atoms with Gasteiger partial charge in [0.05, 0.1) is 6.10 Å². The first-order valence-electron chi connectivity index (χ1n) is 11.4. The van der Waals surface area contributed by atoms with E-state index in [0.29, 0.717) is 36.6 Å². The third-order valence-corrected chi connectivity index (χ3v) is 5.77. The number of anilines is 1. The number of carbonyl (C=O) groups excluding carboxylic acids is 1. The minimum atomic E-state index is -0.237. The van der Waals surface area contributed by atoms with Crippen LogP contribution in [0.4, 0.5) is 5.69 Å². The Balaban J connectivity index is 1.63. The zero-order valence-corrected chi connectivity index (χ0v) is 18.6. The summed E-state index contributed by atoms with van der Waals surface area (Å²) in [5.41, 5.74) is 10.8. The number of benzene rings is 3. The number of nitrogens with two attached hydrogens (primary N) is 1. The quantitative estimate of drug-likeness (QED) is 0.459. The van der Waals surface area contributed by atoms with Gasteiger partial charge in [0.1, 0.15) is 12.4 Å². The SMILES string of the molecule is NCc1cccc(-c2cc(OCC3CCCO3)cc(C(=O)Nc3ccccc3CCO)c2)c1. The largest absolute Gasteiger partial charge is 0.491 e. The molecule has 1 unspecified atom stereocenters. The molecule has 1 heterocycles. The molecular weight excluding hydrogens is 416 g/mol. The monoisotopic (exact) mass is 446 g/mol. The Hall–Kier alpha value is -3.19. The van der Waals surface area contributed by atoms with E-state index in [0.717, 1.165) is 41.7 Å². The molecule has 3 aromatic carbocycles. The lowest BCUT2D eigenvalue weighted by Crippen LogP contribution is -2.17. The summed E-state index contributed by atoms with van der Waals surface area (Å²) >= 11 is 0. The first-order valence-corrected chi connectivity index (χ1v) is 11.4. The van der Waals surface area contributed by atoms with Gasteiger partial charge in [-0.1, -0.05) is 36.4 Å². The van der Waals surface area contributed by atoms with Crippen molar-refractivity contribution in [2.45, 2.75) is 31.9 Å². The first kappa shape index (κ1) is 23.0. The van der Waals surface area contributed by atoms with Crippen LogP contribution in [0.1, 0.15) is 34.3 Å². The lowest BCUT2D eigenvalue weighted by atomic mass is 10.00. The first-order chi connectivity index (χ1) is 16.2. The number of para-hydroxylation sites is 1. The highest BCUT2D eigenvalue weighted by molar-refractivity contribution is 6.05. The van der Waals surface area contributed by atoms with E-state index in [1.165, 1.54) is 0 Å². The molecule has 1 atom stereocenters. The Morgan fingerprint density at radius 3 is 2.76 bits per heavy atom. The minimum Gasteiger partial charge on any atom is -0.491 e. The van der Waals surface area contributed by atoms with Gasteiger partial charge in [0, 0.05) is 31.0 Å². The van der Waals surface area contributed by atoms with E-state index in [9.17, 15) is 9.90 Å². The van der Waals surface area contributed by atoms with Crippen molar-refractivity contribution in [1.82, 2.24) is 0 Å². The summed E-state index contributed by atoms with van der Waals surface area (Å²) in [7, 11) is 0. The van der Waals surface area contributed by atoms with Crippen LogP contribution in [0.2, 0.25) is 0 Å². The summed E-state index contributed by atoms with van der Waals surface area (Å²) < 4.78 is 11.7. The third kappa shape index (κ3) is 5.99. The molecule has 6 heteroatoms. The standard InChI is InChI=1S/C27H30N2O4/c28-17-19-5-3-7-21(13-19)22-14-23(16-25(15-22)33-18-24-8-4-12-32-24)27(31)29-26-9-2-1-6-20(26)10-11-30/h1-3,5-7,9,13-16,24,30H,4,8,10-12,17-18,28H2,(H,29,31). The van der Waals surface area contributed by atoms with Crippen LogP contribution in [0.5, 0.6) is 5.75 Å². The van der Waals surface area contributed by atoms with Gasteiger partial charge in [-0.05, 0) is 71.8 Å². The molecule has 172 valence electrons. The highest BCUT2D eigenvalue weighted by Crippen LogP contribution is 2.28. The molecule has 0 bridgehead atoms. The number of nitrogens with one attached hydrogen (secondary N) is 1. The summed E-state index contributed by atoms with van der Waals surface area (Å²) in [6, 6.07) is 21.0. The van der Waals surface area contributed by atoms with Gasteiger partial charge >= 0.3 is 0 Å². The highest BCUT2D eigenvalue weighted by Gasteiger charge is 2.18. The number of hydrogen-bond acceptors (Lipinski definition) is 5. The lowest BCUT2D eigenvalue weighted by molar-refractivity contribution is 0.0679. The van der Waals surface area contributed by atoms with E-state index < -0.39 is 0 Å². The zero-order chi connectivity index (χ0) is 23.0. The molecule has 33 heavy (non-hydrogen) atoms. The molecule has 4 N–H and O–H groups in total. The molecular formula is C27H30N2O4. The van der Waals surface area contributed by atoms with Gasteiger partial charge in [0.25, 0.3) is 5.91 Å². The number of hydrogen-bond donors (Lipinski definition) is 3. The van der Waals surface area contributed by atoms with Crippen molar-refractivity contribution in [3.05, 3.63) is 83.4 Å². The second kappa shape index (κ2) is 11.1. The molecule has 1 fully saturated rings. The van der Waals surface area contributed by atoms with Crippen molar-refractivity contribution in [1.29, 1.82) is 0 Å². The van der Waals surface area contributed by atoms with Gasteiger partial charge in [-0.25, -0.2) is 0 Å². The van der Waals surface area contributed by atoms with Crippen molar-refractivity contribution in [2.75, 3.05) is 25.1 Å². The molecule has 1 aliphatic heterocycles. The minimum absolute atomic E-state index is 0.0150. The smallest absolute Gasteiger partial charge is 0.255 e. The van der Waals surface area contributed by atoms with Crippen molar-refractivity contribution < 1.29 is 19.4 Å². The van der Waals surface area contributed by atoms with Crippen LogP contribution in [0, 0.1) is 0 Å². The van der Waals surface area contributed by atoms with E-state index in [1.54, 1.807) is 6.07 Å². The molecule has 0 aliphatic carbocycles. The number of amides is 1. The van der Waals surface area contributed by atoms with Crippen molar-refractivity contribution >= 4 is 11.6 Å². The topological polar surface area (TPSA) is 93.8 Å². The maximum atomic E-state index is 13.2. The Morgan fingerprint density at radius 2 is 1.97 bits per heavy atom. The van der Waals surface area contributed by atoms with Crippen LogP contribution in [-0.2, 0) is 17.7 Å². The van der Waals surface area contributed by atoms with E-state index in [2.05, 4.69) is 5.32 Å². The van der Waals surface area contributed by atoms with Gasteiger partial charge < -0.3 is 25.6 Å². The van der Waals surface area contributed by atoms with Crippen LogP contribution >= 0.6 is 0 Å².